The van der Waals surface area contributed by atoms with Gasteiger partial charge in [-0.15, -0.1) is 0 Å². The molecule has 0 rings (SSSR count). The molecule has 0 saturated carbocycles. The van der Waals surface area contributed by atoms with Crippen LogP contribution in [0.15, 0.2) is 0 Å². The van der Waals surface area contributed by atoms with Crippen LogP contribution in [0.25, 0.3) is 0 Å². The van der Waals surface area contributed by atoms with Gasteiger partial charge in [0.25, 0.3) is 0 Å². The monoisotopic (exact) mass is 891 g/mol. The highest BCUT2D eigenvalue weighted by Gasteiger charge is 2.19. The highest BCUT2D eigenvalue weighted by atomic mass is 16.6. The molecule has 6 heteroatoms. The lowest BCUT2D eigenvalue weighted by atomic mass is 10.0. The molecule has 0 aromatic carbocycles. The summed E-state index contributed by atoms with van der Waals surface area (Å²) in [6.07, 6.45) is 52.3. The fourth-order valence-electron chi connectivity index (χ4n) is 8.70. The molecule has 63 heavy (non-hydrogen) atoms. The molecule has 0 bridgehead atoms. The summed E-state index contributed by atoms with van der Waals surface area (Å²) in [4.78, 5) is 38.1. The highest BCUT2D eigenvalue weighted by Crippen LogP contribution is 2.18. The van der Waals surface area contributed by atoms with Crippen LogP contribution >= 0.6 is 0 Å². The normalized spacial score (nSPS) is 12.0. The molecule has 0 radical (unpaired) electrons. The van der Waals surface area contributed by atoms with Crippen molar-refractivity contribution in [1.82, 2.24) is 0 Å². The third-order valence-electron chi connectivity index (χ3n) is 13.0. The number of carbonyl (C=O) groups excluding carboxylic acids is 3. The molecule has 0 fully saturated rings. The first-order valence-corrected chi connectivity index (χ1v) is 28.2. The van der Waals surface area contributed by atoms with Gasteiger partial charge in [0.15, 0.2) is 6.10 Å². The van der Waals surface area contributed by atoms with Crippen LogP contribution in [0, 0.1) is 11.8 Å². The molecule has 6 nitrogen and oxygen atoms in total. The van der Waals surface area contributed by atoms with Gasteiger partial charge in [0.05, 0.1) is 0 Å². The van der Waals surface area contributed by atoms with Crippen molar-refractivity contribution in [3.8, 4) is 0 Å². The maximum absolute atomic E-state index is 12.8. The van der Waals surface area contributed by atoms with E-state index in [9.17, 15) is 14.4 Å². The molecule has 374 valence electrons. The zero-order chi connectivity index (χ0) is 46.1. The van der Waals surface area contributed by atoms with E-state index in [4.69, 9.17) is 14.2 Å². The minimum atomic E-state index is -0.762. The summed E-state index contributed by atoms with van der Waals surface area (Å²) in [6.45, 7) is 11.4. The number of hydrogen-bond donors (Lipinski definition) is 0. The molecule has 0 aliphatic carbocycles. The molecule has 1 atom stereocenters. The van der Waals surface area contributed by atoms with E-state index in [2.05, 4.69) is 34.6 Å². The second-order valence-electron chi connectivity index (χ2n) is 20.5. The average molecular weight is 892 g/mol. The summed E-state index contributed by atoms with van der Waals surface area (Å²) < 4.78 is 16.9. The van der Waals surface area contributed by atoms with Crippen LogP contribution in [0.3, 0.4) is 0 Å². The average Bonchev–Trinajstić information content (AvgIpc) is 3.25. The quantitative estimate of drug-likeness (QED) is 0.0344. The van der Waals surface area contributed by atoms with Crippen LogP contribution in [0.4, 0.5) is 0 Å². The van der Waals surface area contributed by atoms with Gasteiger partial charge in [-0.05, 0) is 31.1 Å². The maximum Gasteiger partial charge on any atom is 0.306 e. The van der Waals surface area contributed by atoms with E-state index in [-0.39, 0.29) is 31.1 Å². The maximum atomic E-state index is 12.8. The molecule has 0 amide bonds. The van der Waals surface area contributed by atoms with E-state index in [0.717, 1.165) is 69.6 Å². The Hall–Kier alpha value is -1.59. The van der Waals surface area contributed by atoms with Gasteiger partial charge in [-0.1, -0.05) is 279 Å². The first-order valence-electron chi connectivity index (χ1n) is 28.2. The summed E-state index contributed by atoms with van der Waals surface area (Å²) >= 11 is 0. The number of hydrogen-bond acceptors (Lipinski definition) is 6. The second kappa shape index (κ2) is 49.8. The molecule has 0 aliphatic heterocycles. The lowest BCUT2D eigenvalue weighted by molar-refractivity contribution is -0.167. The van der Waals surface area contributed by atoms with Crippen LogP contribution in [-0.4, -0.2) is 37.2 Å². The van der Waals surface area contributed by atoms with Gasteiger partial charge in [-0.2, -0.15) is 0 Å². The van der Waals surface area contributed by atoms with Crippen LogP contribution in [0.1, 0.15) is 317 Å². The van der Waals surface area contributed by atoms with Crippen molar-refractivity contribution in [1.29, 1.82) is 0 Å². The first-order chi connectivity index (χ1) is 30.7. The van der Waals surface area contributed by atoms with Crippen molar-refractivity contribution < 1.29 is 28.6 Å². The molecule has 0 spiro atoms. The molecule has 0 heterocycles. The third-order valence-corrected chi connectivity index (χ3v) is 13.0. The van der Waals surface area contributed by atoms with E-state index in [1.54, 1.807) is 0 Å². The smallest absolute Gasteiger partial charge is 0.306 e. The van der Waals surface area contributed by atoms with Crippen LogP contribution in [0.2, 0.25) is 0 Å². The summed E-state index contributed by atoms with van der Waals surface area (Å²) in [5, 5.41) is 0. The largest absolute Gasteiger partial charge is 0.462 e. The Bertz CT molecular complexity index is 962. The van der Waals surface area contributed by atoms with Crippen LogP contribution in [-0.2, 0) is 28.6 Å². The Morgan fingerprint density at radius 1 is 0.302 bits per heavy atom. The molecule has 0 aliphatic rings. The summed E-state index contributed by atoms with van der Waals surface area (Å²) in [6, 6.07) is 0. The fraction of sp³-hybridized carbons (Fsp3) is 0.947. The van der Waals surface area contributed by atoms with Gasteiger partial charge in [0, 0.05) is 19.3 Å². The minimum absolute atomic E-state index is 0.0630. The summed E-state index contributed by atoms with van der Waals surface area (Å²) in [5.41, 5.74) is 0. The van der Waals surface area contributed by atoms with Crippen molar-refractivity contribution in [2.75, 3.05) is 13.2 Å². The van der Waals surface area contributed by atoms with Crippen molar-refractivity contribution in [3.05, 3.63) is 0 Å². The van der Waals surface area contributed by atoms with Crippen molar-refractivity contribution in [2.24, 2.45) is 11.8 Å². The van der Waals surface area contributed by atoms with Crippen LogP contribution < -0.4 is 0 Å². The fourth-order valence-corrected chi connectivity index (χ4v) is 8.70. The highest BCUT2D eigenvalue weighted by molar-refractivity contribution is 5.71. The van der Waals surface area contributed by atoms with Gasteiger partial charge in [0.2, 0.25) is 0 Å². The number of rotatable bonds is 51. The number of esters is 3. The Morgan fingerprint density at radius 3 is 0.778 bits per heavy atom. The van der Waals surface area contributed by atoms with Crippen molar-refractivity contribution in [2.45, 2.75) is 323 Å². The molecule has 0 aromatic heterocycles. The Labute approximate surface area is 393 Å². The minimum Gasteiger partial charge on any atom is -0.462 e. The van der Waals surface area contributed by atoms with Crippen LogP contribution in [0.5, 0.6) is 0 Å². The molecule has 0 N–H and O–H groups in total. The number of unbranched alkanes of at least 4 members (excludes halogenated alkanes) is 36. The van der Waals surface area contributed by atoms with E-state index >= 15 is 0 Å². The predicted molar refractivity (Wildman–Crippen MR) is 270 cm³/mol. The molecular formula is C57H110O6. The van der Waals surface area contributed by atoms with E-state index in [1.807, 2.05) is 0 Å². The van der Waals surface area contributed by atoms with E-state index in [0.29, 0.717) is 19.3 Å². The molecule has 0 saturated heterocycles. The van der Waals surface area contributed by atoms with Gasteiger partial charge in [0.1, 0.15) is 13.2 Å². The lowest BCUT2D eigenvalue weighted by Crippen LogP contribution is -2.30. The topological polar surface area (TPSA) is 78.9 Å². The van der Waals surface area contributed by atoms with Crippen molar-refractivity contribution >= 4 is 17.9 Å². The Kier molecular flexibility index (Phi) is 48.6. The first kappa shape index (κ1) is 61.4. The molecule has 0 unspecified atom stereocenters. The van der Waals surface area contributed by atoms with Gasteiger partial charge in [-0.25, -0.2) is 0 Å². The third kappa shape index (κ3) is 51.3. The molecular weight excluding hydrogens is 781 g/mol. The number of carbonyl (C=O) groups is 3. The lowest BCUT2D eigenvalue weighted by Gasteiger charge is -2.18. The SMILES string of the molecule is CCCCCCCCCCCCCCCCCCCC(=O)OC[C@H](COC(=O)CCCCCCCCCCCCC(C)C)OC(=O)CCCCCCCCCCCCCCC(C)C. The standard InChI is InChI=1S/C57H110O6/c1-6-7-8-9-10-11-12-13-14-15-16-17-21-27-32-37-42-47-55(58)61-50-54(51-62-56(59)48-43-38-33-28-24-23-26-31-36-41-46-53(4)5)63-57(60)49-44-39-34-29-22-19-18-20-25-30-35-40-45-52(2)3/h52-54H,6-51H2,1-5H3/t54-/m1/s1. The van der Waals surface area contributed by atoms with E-state index < -0.39 is 6.10 Å². The van der Waals surface area contributed by atoms with Gasteiger partial charge in [-0.3, -0.25) is 14.4 Å². The second-order valence-corrected chi connectivity index (χ2v) is 20.5. The predicted octanol–water partition coefficient (Wildman–Crippen LogP) is 18.5. The summed E-state index contributed by atoms with van der Waals surface area (Å²) in [5.74, 6) is 0.808. The number of ether oxygens (including phenoxy) is 3. The zero-order valence-corrected chi connectivity index (χ0v) is 43.2. The van der Waals surface area contributed by atoms with Gasteiger partial charge >= 0.3 is 17.9 Å². The zero-order valence-electron chi connectivity index (χ0n) is 43.2. The Morgan fingerprint density at radius 2 is 0.524 bits per heavy atom. The van der Waals surface area contributed by atoms with Crippen molar-refractivity contribution in [3.63, 3.8) is 0 Å². The summed E-state index contributed by atoms with van der Waals surface area (Å²) in [7, 11) is 0. The molecule has 0 aromatic rings. The van der Waals surface area contributed by atoms with E-state index in [1.165, 1.54) is 205 Å². The Balaban J connectivity index is 4.30. The van der Waals surface area contributed by atoms with Gasteiger partial charge < -0.3 is 14.2 Å².